The third-order valence-electron chi connectivity index (χ3n) is 3.73. The lowest BCUT2D eigenvalue weighted by Crippen LogP contribution is -2.27. The summed E-state index contributed by atoms with van der Waals surface area (Å²) in [7, 11) is 0. The zero-order chi connectivity index (χ0) is 13.2. The molecule has 96 valence electrons. The number of ketones is 1. The number of hydrogen-bond acceptors (Lipinski definition) is 2. The van der Waals surface area contributed by atoms with Crippen molar-refractivity contribution in [2.24, 2.45) is 0 Å². The Labute approximate surface area is 113 Å². The summed E-state index contributed by atoms with van der Waals surface area (Å²) < 4.78 is 0. The van der Waals surface area contributed by atoms with Crippen LogP contribution in [-0.4, -0.2) is 11.8 Å². The first-order valence-corrected chi connectivity index (χ1v) is 6.75. The summed E-state index contributed by atoms with van der Waals surface area (Å²) in [4.78, 5) is 12.5. The van der Waals surface area contributed by atoms with Crippen LogP contribution in [0.25, 0.3) is 0 Å². The summed E-state index contributed by atoms with van der Waals surface area (Å²) in [5.41, 5.74) is 4.37. The van der Waals surface area contributed by atoms with E-state index < -0.39 is 0 Å². The number of carbonyl (C=O) groups is 1. The fourth-order valence-electron chi connectivity index (χ4n) is 2.56. The second kappa shape index (κ2) is 4.88. The minimum Gasteiger partial charge on any atom is -0.374 e. The minimum atomic E-state index is -0.120. The van der Waals surface area contributed by atoms with Gasteiger partial charge in [0.15, 0.2) is 5.78 Å². The van der Waals surface area contributed by atoms with Crippen molar-refractivity contribution in [2.45, 2.75) is 25.8 Å². The van der Waals surface area contributed by atoms with E-state index in [9.17, 15) is 4.79 Å². The molecule has 0 radical (unpaired) electrons. The third kappa shape index (κ3) is 2.26. The topological polar surface area (TPSA) is 29.1 Å². The highest BCUT2D eigenvalue weighted by atomic mass is 16.1. The Morgan fingerprint density at radius 3 is 2.58 bits per heavy atom. The lowest BCUT2D eigenvalue weighted by Gasteiger charge is -2.10. The van der Waals surface area contributed by atoms with E-state index in [4.69, 9.17) is 0 Å². The van der Waals surface area contributed by atoms with Crippen LogP contribution in [0.2, 0.25) is 0 Å². The Balaban J connectivity index is 1.79. The van der Waals surface area contributed by atoms with Crippen molar-refractivity contribution >= 4 is 11.5 Å². The van der Waals surface area contributed by atoms with Gasteiger partial charge in [-0.05, 0) is 23.6 Å². The Morgan fingerprint density at radius 2 is 1.89 bits per heavy atom. The van der Waals surface area contributed by atoms with E-state index in [2.05, 4.69) is 18.3 Å². The van der Waals surface area contributed by atoms with Crippen LogP contribution in [0, 0.1) is 0 Å². The molecule has 0 saturated heterocycles. The minimum absolute atomic E-state index is 0.120. The summed E-state index contributed by atoms with van der Waals surface area (Å²) in [5, 5.41) is 3.31. The van der Waals surface area contributed by atoms with Crippen LogP contribution in [-0.2, 0) is 12.8 Å². The SMILES string of the molecule is CCc1ccc(C(=O)C2Cc3ccccc3N2)cc1. The molecule has 1 atom stereocenters. The molecule has 1 aliphatic rings. The third-order valence-corrected chi connectivity index (χ3v) is 3.73. The number of para-hydroxylation sites is 1. The molecule has 2 heteroatoms. The van der Waals surface area contributed by atoms with E-state index in [-0.39, 0.29) is 11.8 Å². The maximum atomic E-state index is 12.5. The molecule has 1 unspecified atom stereocenters. The highest BCUT2D eigenvalue weighted by Crippen LogP contribution is 2.26. The van der Waals surface area contributed by atoms with E-state index in [1.807, 2.05) is 42.5 Å². The second-order valence-electron chi connectivity index (χ2n) is 4.97. The first kappa shape index (κ1) is 12.0. The fraction of sp³-hybridized carbons (Fsp3) is 0.235. The van der Waals surface area contributed by atoms with Gasteiger partial charge in [-0.3, -0.25) is 4.79 Å². The van der Waals surface area contributed by atoms with Crippen LogP contribution in [0.3, 0.4) is 0 Å². The quantitative estimate of drug-likeness (QED) is 0.846. The van der Waals surface area contributed by atoms with Gasteiger partial charge in [0, 0.05) is 17.7 Å². The molecule has 1 N–H and O–H groups in total. The molecule has 0 aromatic heterocycles. The lowest BCUT2D eigenvalue weighted by atomic mass is 10.00. The van der Waals surface area contributed by atoms with Gasteiger partial charge in [-0.1, -0.05) is 49.4 Å². The van der Waals surface area contributed by atoms with Crippen LogP contribution >= 0.6 is 0 Å². The molecule has 3 rings (SSSR count). The smallest absolute Gasteiger partial charge is 0.185 e. The fourth-order valence-corrected chi connectivity index (χ4v) is 2.56. The first-order valence-electron chi connectivity index (χ1n) is 6.75. The molecular formula is C17H17NO. The lowest BCUT2D eigenvalue weighted by molar-refractivity contribution is 0.0971. The summed E-state index contributed by atoms with van der Waals surface area (Å²) in [6.07, 6.45) is 1.78. The number of nitrogens with one attached hydrogen (secondary N) is 1. The molecule has 0 aliphatic carbocycles. The van der Waals surface area contributed by atoms with Gasteiger partial charge in [-0.15, -0.1) is 0 Å². The van der Waals surface area contributed by atoms with Crippen molar-refractivity contribution in [1.82, 2.24) is 0 Å². The molecule has 0 spiro atoms. The highest BCUT2D eigenvalue weighted by molar-refractivity contribution is 6.02. The van der Waals surface area contributed by atoms with E-state index >= 15 is 0 Å². The van der Waals surface area contributed by atoms with Gasteiger partial charge in [0.25, 0.3) is 0 Å². The van der Waals surface area contributed by atoms with Crippen molar-refractivity contribution in [3.63, 3.8) is 0 Å². The van der Waals surface area contributed by atoms with Gasteiger partial charge < -0.3 is 5.32 Å². The van der Waals surface area contributed by atoms with Crippen LogP contribution < -0.4 is 5.32 Å². The predicted molar refractivity (Wildman–Crippen MR) is 77.7 cm³/mol. The monoisotopic (exact) mass is 251 g/mol. The molecule has 2 aromatic carbocycles. The van der Waals surface area contributed by atoms with Gasteiger partial charge in [0.2, 0.25) is 0 Å². The Kier molecular flexibility index (Phi) is 3.08. The number of anilines is 1. The van der Waals surface area contributed by atoms with E-state index in [1.54, 1.807) is 0 Å². The highest BCUT2D eigenvalue weighted by Gasteiger charge is 2.26. The van der Waals surface area contributed by atoms with Crippen molar-refractivity contribution < 1.29 is 4.79 Å². The average Bonchev–Trinajstić information content (AvgIpc) is 2.90. The number of rotatable bonds is 3. The van der Waals surface area contributed by atoms with Crippen molar-refractivity contribution in [1.29, 1.82) is 0 Å². The standard InChI is InChI=1S/C17H17NO/c1-2-12-7-9-13(10-8-12)17(19)16-11-14-5-3-4-6-15(14)18-16/h3-10,16,18H,2,11H2,1H3. The average molecular weight is 251 g/mol. The number of aryl methyl sites for hydroxylation is 1. The van der Waals surface area contributed by atoms with Crippen LogP contribution in [0.15, 0.2) is 48.5 Å². The maximum absolute atomic E-state index is 12.5. The molecular weight excluding hydrogens is 234 g/mol. The van der Waals surface area contributed by atoms with E-state index in [0.717, 1.165) is 24.1 Å². The molecule has 19 heavy (non-hydrogen) atoms. The summed E-state index contributed by atoms with van der Waals surface area (Å²) in [6.45, 7) is 2.12. The van der Waals surface area contributed by atoms with Gasteiger partial charge >= 0.3 is 0 Å². The molecule has 1 heterocycles. The Hall–Kier alpha value is -2.09. The molecule has 0 saturated carbocycles. The number of carbonyl (C=O) groups excluding carboxylic acids is 1. The van der Waals surface area contributed by atoms with Crippen LogP contribution in [0.4, 0.5) is 5.69 Å². The Bertz CT molecular complexity index is 576. The summed E-state index contributed by atoms with van der Waals surface area (Å²) in [5.74, 6) is 0.179. The maximum Gasteiger partial charge on any atom is 0.185 e. The van der Waals surface area contributed by atoms with E-state index in [1.165, 1.54) is 11.1 Å². The first-order chi connectivity index (χ1) is 9.28. The van der Waals surface area contributed by atoms with Gasteiger partial charge in [-0.25, -0.2) is 0 Å². The van der Waals surface area contributed by atoms with Crippen LogP contribution in [0.1, 0.15) is 28.4 Å². The van der Waals surface area contributed by atoms with Crippen LogP contribution in [0.5, 0.6) is 0 Å². The van der Waals surface area contributed by atoms with Crippen molar-refractivity contribution in [2.75, 3.05) is 5.32 Å². The summed E-state index contributed by atoms with van der Waals surface area (Å²) >= 11 is 0. The zero-order valence-electron chi connectivity index (χ0n) is 11.0. The molecule has 2 nitrogen and oxygen atoms in total. The molecule has 0 fully saturated rings. The van der Waals surface area contributed by atoms with Gasteiger partial charge in [0.05, 0.1) is 6.04 Å². The molecule has 2 aromatic rings. The largest absolute Gasteiger partial charge is 0.374 e. The molecule has 0 bridgehead atoms. The number of Topliss-reactive ketones (excluding diaryl/α,β-unsaturated/α-hetero) is 1. The number of fused-ring (bicyclic) bond motifs is 1. The zero-order valence-corrected chi connectivity index (χ0v) is 11.0. The second-order valence-corrected chi connectivity index (χ2v) is 4.97. The van der Waals surface area contributed by atoms with Crippen molar-refractivity contribution in [3.8, 4) is 0 Å². The van der Waals surface area contributed by atoms with E-state index in [0.29, 0.717) is 0 Å². The van der Waals surface area contributed by atoms with Gasteiger partial charge in [0.1, 0.15) is 0 Å². The number of benzene rings is 2. The Morgan fingerprint density at radius 1 is 1.16 bits per heavy atom. The molecule has 1 aliphatic heterocycles. The molecule has 0 amide bonds. The van der Waals surface area contributed by atoms with Gasteiger partial charge in [-0.2, -0.15) is 0 Å². The number of hydrogen-bond donors (Lipinski definition) is 1. The summed E-state index contributed by atoms with van der Waals surface area (Å²) in [6, 6.07) is 15.9. The van der Waals surface area contributed by atoms with Crippen molar-refractivity contribution in [3.05, 3.63) is 65.2 Å². The predicted octanol–water partition coefficient (Wildman–Crippen LogP) is 3.47. The normalized spacial score (nSPS) is 16.8.